The summed E-state index contributed by atoms with van der Waals surface area (Å²) in [5, 5.41) is 8.58. The fraction of sp³-hybridized carbons (Fsp3) is 0.286. The average molecular weight is 478 g/mol. The summed E-state index contributed by atoms with van der Waals surface area (Å²) in [5.74, 6) is -1.42. The Bertz CT molecular complexity index is 1140. The molecule has 0 radical (unpaired) electrons. The highest BCUT2D eigenvalue weighted by Crippen LogP contribution is 2.24. The van der Waals surface area contributed by atoms with E-state index in [-0.39, 0.29) is 23.3 Å². The zero-order valence-electron chi connectivity index (χ0n) is 17.6. The van der Waals surface area contributed by atoms with Gasteiger partial charge in [-0.3, -0.25) is 9.59 Å². The molecule has 0 bridgehead atoms. The second-order valence-corrected chi connectivity index (χ2v) is 7.96. The van der Waals surface area contributed by atoms with Crippen LogP contribution in [0.4, 0.5) is 0 Å². The Balaban J connectivity index is 1.52. The van der Waals surface area contributed by atoms with Crippen molar-refractivity contribution in [3.05, 3.63) is 51.8 Å². The number of benzene rings is 1. The van der Waals surface area contributed by atoms with Gasteiger partial charge in [0.05, 0.1) is 17.9 Å². The summed E-state index contributed by atoms with van der Waals surface area (Å²) in [4.78, 5) is 39.4. The van der Waals surface area contributed by atoms with E-state index in [2.05, 4.69) is 15.2 Å². The zero-order chi connectivity index (χ0) is 23.3. The summed E-state index contributed by atoms with van der Waals surface area (Å²) in [6.07, 6.45) is 0. The number of nitrogens with zero attached hydrogens (tertiary/aromatic N) is 2. The van der Waals surface area contributed by atoms with E-state index in [4.69, 9.17) is 25.5 Å². The van der Waals surface area contributed by atoms with Gasteiger partial charge in [0.1, 0.15) is 5.75 Å². The van der Waals surface area contributed by atoms with E-state index < -0.39 is 24.3 Å². The highest BCUT2D eigenvalue weighted by atomic mass is 35.5. The predicted octanol–water partition coefficient (Wildman–Crippen LogP) is 4.03. The third-order valence-electron chi connectivity index (χ3n) is 4.37. The van der Waals surface area contributed by atoms with Gasteiger partial charge in [0.15, 0.2) is 6.61 Å². The minimum Gasteiger partial charge on any atom is -0.462 e. The maximum atomic E-state index is 12.5. The number of hydrogen-bond donors (Lipinski definition) is 1. The van der Waals surface area contributed by atoms with Crippen LogP contribution < -0.4 is 0 Å². The van der Waals surface area contributed by atoms with Crippen LogP contribution >= 0.6 is 23.4 Å². The molecule has 2 aromatic heterocycles. The molecule has 0 saturated heterocycles. The van der Waals surface area contributed by atoms with Crippen LogP contribution in [0.5, 0.6) is 0 Å². The molecule has 9 nitrogen and oxygen atoms in total. The van der Waals surface area contributed by atoms with Gasteiger partial charge in [0.25, 0.3) is 5.22 Å². The fourth-order valence-corrected chi connectivity index (χ4v) is 3.58. The standard InChI is InChI=1S/C21H20ClN3O6S/c1-4-29-20(28)17-11(2)18(23-12(17)3)15(26)9-30-16(27)10-32-21-25-24-19(31-21)13-5-7-14(22)8-6-13/h5-8,23H,4,9-10H2,1-3H3. The van der Waals surface area contributed by atoms with Gasteiger partial charge in [0, 0.05) is 16.3 Å². The first-order valence-electron chi connectivity index (χ1n) is 9.57. The molecule has 1 N–H and O–H groups in total. The first-order valence-corrected chi connectivity index (χ1v) is 10.9. The summed E-state index contributed by atoms with van der Waals surface area (Å²) >= 11 is 6.85. The summed E-state index contributed by atoms with van der Waals surface area (Å²) in [7, 11) is 0. The Labute approximate surface area is 192 Å². The van der Waals surface area contributed by atoms with E-state index in [0.29, 0.717) is 33.3 Å². The zero-order valence-corrected chi connectivity index (χ0v) is 19.1. The van der Waals surface area contributed by atoms with E-state index in [0.717, 1.165) is 11.8 Å². The van der Waals surface area contributed by atoms with Gasteiger partial charge in [-0.25, -0.2) is 4.79 Å². The molecule has 0 amide bonds. The molecule has 1 aromatic carbocycles. The van der Waals surface area contributed by atoms with Crippen LogP contribution in [0.1, 0.15) is 39.0 Å². The second-order valence-electron chi connectivity index (χ2n) is 6.60. The molecule has 0 unspecified atom stereocenters. The number of carbonyl (C=O) groups is 3. The molecule has 0 spiro atoms. The van der Waals surface area contributed by atoms with Gasteiger partial charge in [-0.2, -0.15) is 0 Å². The smallest absolute Gasteiger partial charge is 0.340 e. The van der Waals surface area contributed by atoms with E-state index in [9.17, 15) is 14.4 Å². The van der Waals surface area contributed by atoms with Crippen molar-refractivity contribution < 1.29 is 28.3 Å². The largest absolute Gasteiger partial charge is 0.462 e. The molecule has 0 fully saturated rings. The van der Waals surface area contributed by atoms with Crippen LogP contribution in [-0.4, -0.2) is 51.9 Å². The molecule has 3 aromatic rings. The number of H-pyrrole nitrogens is 1. The minimum absolute atomic E-state index is 0.119. The van der Waals surface area contributed by atoms with Crippen molar-refractivity contribution in [1.82, 2.24) is 15.2 Å². The summed E-state index contributed by atoms with van der Waals surface area (Å²) in [6, 6.07) is 6.88. The number of carbonyl (C=O) groups excluding carboxylic acids is 3. The summed E-state index contributed by atoms with van der Waals surface area (Å²) < 4.78 is 15.6. The third-order valence-corrected chi connectivity index (χ3v) is 5.42. The second kappa shape index (κ2) is 10.5. The number of hydrogen-bond acceptors (Lipinski definition) is 9. The molecule has 2 heterocycles. The molecule has 11 heteroatoms. The predicted molar refractivity (Wildman–Crippen MR) is 117 cm³/mol. The van der Waals surface area contributed by atoms with Crippen molar-refractivity contribution in [3.8, 4) is 11.5 Å². The van der Waals surface area contributed by atoms with Crippen LogP contribution in [0.15, 0.2) is 33.9 Å². The van der Waals surface area contributed by atoms with E-state index >= 15 is 0 Å². The number of ketones is 1. The van der Waals surface area contributed by atoms with Crippen LogP contribution in [-0.2, 0) is 14.3 Å². The Kier molecular flexibility index (Phi) is 7.70. The number of ether oxygens (including phenoxy) is 2. The van der Waals surface area contributed by atoms with Crippen molar-refractivity contribution in [3.63, 3.8) is 0 Å². The number of thioether (sulfide) groups is 1. The lowest BCUT2D eigenvalue weighted by molar-refractivity contribution is -0.139. The number of Topliss-reactive ketones (excluding diaryl/α,β-unsaturated/α-hetero) is 1. The van der Waals surface area contributed by atoms with Gasteiger partial charge in [-0.15, -0.1) is 10.2 Å². The van der Waals surface area contributed by atoms with Gasteiger partial charge < -0.3 is 18.9 Å². The maximum absolute atomic E-state index is 12.5. The SMILES string of the molecule is CCOC(=O)c1c(C)[nH]c(C(=O)COC(=O)CSc2nnc(-c3ccc(Cl)cc3)o2)c1C. The minimum atomic E-state index is -0.624. The van der Waals surface area contributed by atoms with Crippen molar-refractivity contribution >= 4 is 41.1 Å². The normalized spacial score (nSPS) is 10.8. The number of esters is 2. The summed E-state index contributed by atoms with van der Waals surface area (Å²) in [5.41, 5.74) is 2.18. The highest BCUT2D eigenvalue weighted by Gasteiger charge is 2.23. The highest BCUT2D eigenvalue weighted by molar-refractivity contribution is 7.99. The molecule has 0 saturated carbocycles. The Morgan fingerprint density at radius 1 is 1.12 bits per heavy atom. The monoisotopic (exact) mass is 477 g/mol. The number of nitrogens with one attached hydrogen (secondary N) is 1. The Hall–Kier alpha value is -3.11. The van der Waals surface area contributed by atoms with Crippen molar-refractivity contribution in [2.24, 2.45) is 0 Å². The number of rotatable bonds is 9. The van der Waals surface area contributed by atoms with Crippen molar-refractivity contribution in [2.75, 3.05) is 19.0 Å². The Morgan fingerprint density at radius 2 is 1.84 bits per heavy atom. The van der Waals surface area contributed by atoms with Crippen molar-refractivity contribution in [2.45, 2.75) is 26.0 Å². The fourth-order valence-electron chi connectivity index (χ4n) is 2.90. The molecule has 0 aliphatic heterocycles. The Morgan fingerprint density at radius 3 is 2.53 bits per heavy atom. The molecular weight excluding hydrogens is 458 g/mol. The van der Waals surface area contributed by atoms with Crippen LogP contribution in [0.25, 0.3) is 11.5 Å². The van der Waals surface area contributed by atoms with E-state index in [1.165, 1.54) is 0 Å². The van der Waals surface area contributed by atoms with Gasteiger partial charge in [0.2, 0.25) is 11.7 Å². The lowest BCUT2D eigenvalue weighted by Gasteiger charge is -2.04. The molecular formula is C21H20ClN3O6S. The first kappa shape index (κ1) is 23.6. The van der Waals surface area contributed by atoms with Crippen LogP contribution in [0.3, 0.4) is 0 Å². The topological polar surface area (TPSA) is 124 Å². The molecule has 32 heavy (non-hydrogen) atoms. The first-order chi connectivity index (χ1) is 15.3. The van der Waals surface area contributed by atoms with Gasteiger partial charge in [-0.05, 0) is 50.6 Å². The van der Waals surface area contributed by atoms with Crippen LogP contribution in [0, 0.1) is 13.8 Å². The number of aryl methyl sites for hydroxylation is 1. The molecule has 0 aliphatic rings. The molecule has 3 rings (SSSR count). The third kappa shape index (κ3) is 5.57. The average Bonchev–Trinajstić information content (AvgIpc) is 3.35. The van der Waals surface area contributed by atoms with E-state index in [1.54, 1.807) is 45.0 Å². The number of aromatic amines is 1. The number of halogens is 1. The maximum Gasteiger partial charge on any atom is 0.340 e. The van der Waals surface area contributed by atoms with E-state index in [1.807, 2.05) is 0 Å². The molecule has 168 valence electrons. The van der Waals surface area contributed by atoms with Crippen LogP contribution in [0.2, 0.25) is 5.02 Å². The lowest BCUT2D eigenvalue weighted by atomic mass is 10.1. The number of aromatic nitrogens is 3. The summed E-state index contributed by atoms with van der Waals surface area (Å²) in [6.45, 7) is 4.76. The van der Waals surface area contributed by atoms with Gasteiger partial charge in [-0.1, -0.05) is 23.4 Å². The molecule has 0 atom stereocenters. The van der Waals surface area contributed by atoms with Gasteiger partial charge >= 0.3 is 11.9 Å². The van der Waals surface area contributed by atoms with Crippen molar-refractivity contribution in [1.29, 1.82) is 0 Å². The quantitative estimate of drug-likeness (QED) is 0.276. The lowest BCUT2D eigenvalue weighted by Crippen LogP contribution is -2.16. The molecule has 0 aliphatic carbocycles.